The number of nitrogens with zero attached hydrogens (tertiary/aromatic N) is 3. The standard InChI is InChI=1S/C22H26N4O6S/c1-2-33(31,32)16-3-4-19(27)17(8-16)23-21(28)20-18(26(29)30)12-25(24-20)22-9-13-5-14(10-22)7-15(6-13)11-22/h3-4,8,12-15,27H,2,5-7,9-11H2,1H3,(H,23,28). The summed E-state index contributed by atoms with van der Waals surface area (Å²) >= 11 is 0. The van der Waals surface area contributed by atoms with E-state index in [0.29, 0.717) is 17.8 Å². The van der Waals surface area contributed by atoms with E-state index in [1.807, 2.05) is 0 Å². The van der Waals surface area contributed by atoms with Gasteiger partial charge >= 0.3 is 5.69 Å². The van der Waals surface area contributed by atoms with Gasteiger partial charge < -0.3 is 10.4 Å². The van der Waals surface area contributed by atoms with Crippen molar-refractivity contribution in [1.29, 1.82) is 0 Å². The highest BCUT2D eigenvalue weighted by molar-refractivity contribution is 7.91. The van der Waals surface area contributed by atoms with E-state index in [0.717, 1.165) is 25.3 Å². The Balaban J connectivity index is 1.48. The summed E-state index contributed by atoms with van der Waals surface area (Å²) in [7, 11) is -3.57. The molecule has 176 valence electrons. The van der Waals surface area contributed by atoms with Crippen LogP contribution < -0.4 is 5.32 Å². The van der Waals surface area contributed by atoms with Gasteiger partial charge in [-0.25, -0.2) is 8.42 Å². The third-order valence-corrected chi connectivity index (χ3v) is 9.29. The van der Waals surface area contributed by atoms with Gasteiger partial charge in [-0.3, -0.25) is 19.6 Å². The van der Waals surface area contributed by atoms with Crippen LogP contribution in [0.25, 0.3) is 0 Å². The van der Waals surface area contributed by atoms with E-state index in [-0.39, 0.29) is 33.3 Å². The van der Waals surface area contributed by atoms with Gasteiger partial charge in [-0.15, -0.1) is 0 Å². The summed E-state index contributed by atoms with van der Waals surface area (Å²) in [5, 5.41) is 28.7. The van der Waals surface area contributed by atoms with E-state index in [1.54, 1.807) is 4.68 Å². The Morgan fingerprint density at radius 3 is 2.39 bits per heavy atom. The fourth-order valence-corrected chi connectivity index (χ4v) is 7.31. The van der Waals surface area contributed by atoms with Gasteiger partial charge in [0.05, 0.1) is 26.8 Å². The van der Waals surface area contributed by atoms with Gasteiger partial charge in [-0.1, -0.05) is 6.92 Å². The van der Waals surface area contributed by atoms with E-state index in [9.17, 15) is 28.4 Å². The van der Waals surface area contributed by atoms with Crippen molar-refractivity contribution in [3.05, 3.63) is 40.2 Å². The predicted octanol–water partition coefficient (Wildman–Crippen LogP) is 3.47. The van der Waals surface area contributed by atoms with Crippen molar-refractivity contribution in [2.45, 2.75) is 55.9 Å². The number of carbonyl (C=O) groups excluding carboxylic acids is 1. The molecule has 1 aromatic carbocycles. The highest BCUT2D eigenvalue weighted by Crippen LogP contribution is 2.58. The molecule has 0 saturated heterocycles. The largest absolute Gasteiger partial charge is 0.506 e. The minimum atomic E-state index is -3.57. The summed E-state index contributed by atoms with van der Waals surface area (Å²) in [6, 6.07) is 3.56. The molecular weight excluding hydrogens is 448 g/mol. The van der Waals surface area contributed by atoms with Crippen LogP contribution in [0, 0.1) is 27.9 Å². The zero-order valence-corrected chi connectivity index (χ0v) is 19.0. The maximum Gasteiger partial charge on any atom is 0.320 e. The Bertz CT molecular complexity index is 1220. The van der Waals surface area contributed by atoms with Crippen LogP contribution in [0.3, 0.4) is 0 Å². The second kappa shape index (κ2) is 7.54. The summed E-state index contributed by atoms with van der Waals surface area (Å²) in [5.41, 5.74) is -1.19. The Kier molecular flexibility index (Phi) is 5.00. The normalized spacial score (nSPS) is 28.1. The molecule has 0 aliphatic heterocycles. The molecule has 33 heavy (non-hydrogen) atoms. The van der Waals surface area contributed by atoms with E-state index >= 15 is 0 Å². The van der Waals surface area contributed by atoms with Gasteiger partial charge in [-0.05, 0) is 74.5 Å². The molecule has 0 radical (unpaired) electrons. The van der Waals surface area contributed by atoms with Gasteiger partial charge in [0.1, 0.15) is 11.9 Å². The molecule has 2 aromatic rings. The van der Waals surface area contributed by atoms with Crippen LogP contribution in [0.4, 0.5) is 11.4 Å². The average molecular weight is 475 g/mol. The van der Waals surface area contributed by atoms with Gasteiger partial charge in [0.15, 0.2) is 9.84 Å². The molecule has 1 amide bonds. The van der Waals surface area contributed by atoms with E-state index in [1.165, 1.54) is 44.5 Å². The van der Waals surface area contributed by atoms with Crippen molar-refractivity contribution in [2.24, 2.45) is 17.8 Å². The molecule has 4 bridgehead atoms. The minimum absolute atomic E-state index is 0.0632. The number of aromatic nitrogens is 2. The quantitative estimate of drug-likeness (QED) is 0.370. The molecule has 11 heteroatoms. The van der Waals surface area contributed by atoms with Crippen molar-refractivity contribution in [2.75, 3.05) is 11.1 Å². The van der Waals surface area contributed by atoms with Crippen molar-refractivity contribution >= 4 is 27.1 Å². The molecule has 6 rings (SSSR count). The molecule has 4 aliphatic rings. The second-order valence-corrected chi connectivity index (χ2v) is 12.0. The fraction of sp³-hybridized carbons (Fsp3) is 0.545. The lowest BCUT2D eigenvalue weighted by atomic mass is 9.53. The van der Waals surface area contributed by atoms with Crippen LogP contribution >= 0.6 is 0 Å². The highest BCUT2D eigenvalue weighted by Gasteiger charge is 2.53. The summed E-state index contributed by atoms with van der Waals surface area (Å²) in [4.78, 5) is 24.1. The molecule has 1 heterocycles. The number of benzene rings is 1. The zero-order chi connectivity index (χ0) is 23.5. The number of hydrogen-bond donors (Lipinski definition) is 2. The summed E-state index contributed by atoms with van der Waals surface area (Å²) in [6.07, 6.45) is 7.70. The van der Waals surface area contributed by atoms with E-state index < -0.39 is 26.4 Å². The summed E-state index contributed by atoms with van der Waals surface area (Å²) < 4.78 is 26.0. The van der Waals surface area contributed by atoms with Gasteiger partial charge in [0.2, 0.25) is 5.69 Å². The third-order valence-electron chi connectivity index (χ3n) is 7.55. The van der Waals surface area contributed by atoms with E-state index in [2.05, 4.69) is 10.4 Å². The van der Waals surface area contributed by atoms with Crippen LogP contribution in [-0.2, 0) is 15.4 Å². The first-order chi connectivity index (χ1) is 15.6. The predicted molar refractivity (Wildman–Crippen MR) is 119 cm³/mol. The molecule has 1 aromatic heterocycles. The van der Waals surface area contributed by atoms with Crippen molar-refractivity contribution in [3.8, 4) is 5.75 Å². The average Bonchev–Trinajstić information content (AvgIpc) is 3.21. The van der Waals surface area contributed by atoms with Crippen molar-refractivity contribution in [1.82, 2.24) is 9.78 Å². The number of rotatable bonds is 6. The SMILES string of the molecule is CCS(=O)(=O)c1ccc(O)c(NC(=O)c2nn(C34CC5CC(CC(C5)C3)C4)cc2[N+](=O)[O-])c1. The molecule has 4 saturated carbocycles. The van der Waals surface area contributed by atoms with Gasteiger partial charge in [0.25, 0.3) is 5.91 Å². The molecule has 0 unspecified atom stereocenters. The maximum absolute atomic E-state index is 13.0. The first-order valence-corrected chi connectivity index (χ1v) is 12.9. The summed E-state index contributed by atoms with van der Waals surface area (Å²) in [5.74, 6) is 0.422. The number of sulfone groups is 1. The number of aromatic hydroxyl groups is 1. The van der Waals surface area contributed by atoms with Gasteiger partial charge in [-0.2, -0.15) is 5.10 Å². The van der Waals surface area contributed by atoms with Crippen LogP contribution in [0.15, 0.2) is 29.3 Å². The summed E-state index contributed by atoms with van der Waals surface area (Å²) in [6.45, 7) is 1.49. The monoisotopic (exact) mass is 474 g/mol. The lowest BCUT2D eigenvalue weighted by molar-refractivity contribution is -0.385. The zero-order valence-electron chi connectivity index (χ0n) is 18.2. The molecular formula is C22H26N4O6S. The van der Waals surface area contributed by atoms with Crippen LogP contribution in [0.1, 0.15) is 55.9 Å². The van der Waals surface area contributed by atoms with Gasteiger partial charge in [0, 0.05) is 0 Å². The Labute approximate surface area is 191 Å². The molecule has 4 aliphatic carbocycles. The number of nitrogens with one attached hydrogen (secondary N) is 1. The molecule has 2 N–H and O–H groups in total. The topological polar surface area (TPSA) is 144 Å². The highest BCUT2D eigenvalue weighted by atomic mass is 32.2. The smallest absolute Gasteiger partial charge is 0.320 e. The first-order valence-electron chi connectivity index (χ1n) is 11.2. The molecule has 0 spiro atoms. The minimum Gasteiger partial charge on any atom is -0.506 e. The molecule has 4 fully saturated rings. The number of hydrogen-bond acceptors (Lipinski definition) is 7. The van der Waals surface area contributed by atoms with Crippen LogP contribution in [-0.4, -0.2) is 39.9 Å². The van der Waals surface area contributed by atoms with Crippen molar-refractivity contribution < 1.29 is 23.2 Å². The first kappa shape index (κ1) is 21.9. The number of nitro groups is 1. The number of anilines is 1. The number of amides is 1. The number of phenols is 1. The lowest BCUT2D eigenvalue weighted by Gasteiger charge is -2.56. The third kappa shape index (κ3) is 3.68. The van der Waals surface area contributed by atoms with Crippen LogP contribution in [0.5, 0.6) is 5.75 Å². The van der Waals surface area contributed by atoms with Crippen LogP contribution in [0.2, 0.25) is 0 Å². The van der Waals surface area contributed by atoms with Crippen molar-refractivity contribution in [3.63, 3.8) is 0 Å². The Morgan fingerprint density at radius 2 is 1.85 bits per heavy atom. The number of phenolic OH excluding ortho intramolecular Hbond substituents is 1. The Hall–Kier alpha value is -2.95. The fourth-order valence-electron chi connectivity index (χ4n) is 6.41. The lowest BCUT2D eigenvalue weighted by Crippen LogP contribution is -2.52. The number of carbonyl (C=O) groups is 1. The maximum atomic E-state index is 13.0. The Morgan fingerprint density at radius 1 is 1.24 bits per heavy atom. The second-order valence-electron chi connectivity index (χ2n) is 9.74. The molecule has 10 nitrogen and oxygen atoms in total. The molecule has 0 atom stereocenters. The van der Waals surface area contributed by atoms with E-state index in [4.69, 9.17) is 0 Å².